The third kappa shape index (κ3) is 2.73. The van der Waals surface area contributed by atoms with Gasteiger partial charge in [0.15, 0.2) is 0 Å². The number of hydrogen-bond acceptors (Lipinski definition) is 3. The molecule has 0 fully saturated rings. The Bertz CT molecular complexity index is 572. The zero-order valence-electron chi connectivity index (χ0n) is 10.1. The number of rotatable bonds is 2. The summed E-state index contributed by atoms with van der Waals surface area (Å²) in [7, 11) is 5.71. The maximum absolute atomic E-state index is 12.3. The number of alkyl halides is 3. The van der Waals surface area contributed by atoms with Crippen LogP contribution in [0.15, 0.2) is 18.2 Å². The second-order valence-corrected chi connectivity index (χ2v) is 5.64. The standard InChI is InChI=1S/C11H12F3N2OS/c1-16(2,3)10-15-7-5-4-6-8(9(7)18-10)17-11(12,13)14/h4-6H,1-3H3/q+1. The van der Waals surface area contributed by atoms with Gasteiger partial charge >= 0.3 is 6.36 Å². The van der Waals surface area contributed by atoms with Crippen LogP contribution in [0.5, 0.6) is 5.75 Å². The molecule has 1 heterocycles. The van der Waals surface area contributed by atoms with Crippen molar-refractivity contribution in [2.75, 3.05) is 21.1 Å². The van der Waals surface area contributed by atoms with Crippen molar-refractivity contribution in [2.24, 2.45) is 0 Å². The van der Waals surface area contributed by atoms with Gasteiger partial charge in [0.05, 0.1) is 26.7 Å². The van der Waals surface area contributed by atoms with Gasteiger partial charge in [0.25, 0.3) is 5.13 Å². The number of aromatic nitrogens is 1. The predicted molar refractivity (Wildman–Crippen MR) is 65.9 cm³/mol. The van der Waals surface area contributed by atoms with Crippen molar-refractivity contribution < 1.29 is 17.9 Å². The number of halogens is 3. The quantitative estimate of drug-likeness (QED) is 0.785. The summed E-state index contributed by atoms with van der Waals surface area (Å²) in [5.74, 6) is -0.197. The minimum Gasteiger partial charge on any atom is -0.404 e. The fourth-order valence-electron chi connectivity index (χ4n) is 1.40. The molecule has 18 heavy (non-hydrogen) atoms. The Kier molecular flexibility index (Phi) is 2.98. The van der Waals surface area contributed by atoms with Crippen LogP contribution in [0.1, 0.15) is 0 Å². The lowest BCUT2D eigenvalue weighted by atomic mass is 10.3. The van der Waals surface area contributed by atoms with E-state index in [0.717, 1.165) is 5.13 Å². The largest absolute Gasteiger partial charge is 0.573 e. The Morgan fingerprint density at radius 1 is 1.22 bits per heavy atom. The summed E-state index contributed by atoms with van der Waals surface area (Å²) in [4.78, 5) is 4.32. The number of hydrogen-bond donors (Lipinski definition) is 0. The van der Waals surface area contributed by atoms with Crippen LogP contribution >= 0.6 is 11.3 Å². The fraction of sp³-hybridized carbons (Fsp3) is 0.364. The van der Waals surface area contributed by atoms with E-state index in [1.54, 1.807) is 6.07 Å². The van der Waals surface area contributed by atoms with E-state index in [0.29, 0.717) is 14.7 Å². The van der Waals surface area contributed by atoms with E-state index in [1.165, 1.54) is 23.5 Å². The Hall–Kier alpha value is -1.34. The van der Waals surface area contributed by atoms with Gasteiger partial charge in [0.2, 0.25) is 0 Å². The van der Waals surface area contributed by atoms with E-state index in [4.69, 9.17) is 0 Å². The van der Waals surface area contributed by atoms with Gasteiger partial charge in [0, 0.05) is 0 Å². The minimum absolute atomic E-state index is 0.197. The van der Waals surface area contributed by atoms with Crippen LogP contribution in [0, 0.1) is 0 Å². The number of benzene rings is 1. The molecule has 0 atom stereocenters. The number of quaternary nitrogens is 1. The van der Waals surface area contributed by atoms with Crippen molar-refractivity contribution in [1.82, 2.24) is 9.47 Å². The molecule has 0 saturated heterocycles. The van der Waals surface area contributed by atoms with Gasteiger partial charge < -0.3 is 4.74 Å². The van der Waals surface area contributed by atoms with Gasteiger partial charge in [-0.05, 0) is 12.1 Å². The molecule has 0 aliphatic carbocycles. The summed E-state index contributed by atoms with van der Waals surface area (Å²) < 4.78 is 41.7. The summed E-state index contributed by atoms with van der Waals surface area (Å²) in [6, 6.07) is 4.48. The number of fused-ring (bicyclic) bond motifs is 1. The molecule has 0 saturated carbocycles. The van der Waals surface area contributed by atoms with E-state index in [1.807, 2.05) is 21.1 Å². The fourth-order valence-corrected chi connectivity index (χ4v) is 2.43. The van der Waals surface area contributed by atoms with E-state index in [9.17, 15) is 13.2 Å². The van der Waals surface area contributed by atoms with Gasteiger partial charge in [-0.25, -0.2) is 0 Å². The molecule has 0 bridgehead atoms. The third-order valence-electron chi connectivity index (χ3n) is 2.17. The van der Waals surface area contributed by atoms with Crippen molar-refractivity contribution in [2.45, 2.75) is 6.36 Å². The normalized spacial score (nSPS) is 13.0. The maximum Gasteiger partial charge on any atom is 0.573 e. The zero-order valence-corrected chi connectivity index (χ0v) is 10.9. The Balaban J connectivity index is 2.53. The van der Waals surface area contributed by atoms with Crippen molar-refractivity contribution >= 4 is 26.7 Å². The molecular weight excluding hydrogens is 265 g/mol. The van der Waals surface area contributed by atoms with Gasteiger partial charge in [-0.1, -0.05) is 17.4 Å². The Morgan fingerprint density at radius 2 is 1.89 bits per heavy atom. The third-order valence-corrected chi connectivity index (χ3v) is 3.60. The second-order valence-electron chi connectivity index (χ2n) is 4.66. The molecule has 1 aromatic carbocycles. The highest BCUT2D eigenvalue weighted by atomic mass is 32.1. The van der Waals surface area contributed by atoms with Gasteiger partial charge in [0.1, 0.15) is 10.4 Å². The Morgan fingerprint density at radius 3 is 2.44 bits per heavy atom. The summed E-state index contributed by atoms with van der Waals surface area (Å²) in [5.41, 5.74) is 0.518. The maximum atomic E-state index is 12.3. The molecule has 1 aromatic heterocycles. The van der Waals surface area contributed by atoms with Crippen molar-refractivity contribution in [3.63, 3.8) is 0 Å². The van der Waals surface area contributed by atoms with Crippen molar-refractivity contribution in [3.05, 3.63) is 18.2 Å². The van der Waals surface area contributed by atoms with E-state index < -0.39 is 6.36 Å². The molecule has 0 unspecified atom stereocenters. The molecule has 98 valence electrons. The van der Waals surface area contributed by atoms with Crippen LogP contribution in [0.4, 0.5) is 18.3 Å². The average molecular weight is 277 g/mol. The first-order valence-corrected chi connectivity index (χ1v) is 5.96. The molecule has 2 rings (SSSR count). The number of thiazole rings is 1. The van der Waals surface area contributed by atoms with Crippen molar-refractivity contribution in [3.8, 4) is 5.75 Å². The average Bonchev–Trinajstić information content (AvgIpc) is 2.59. The van der Waals surface area contributed by atoms with E-state index in [-0.39, 0.29) is 5.75 Å². The minimum atomic E-state index is -4.69. The van der Waals surface area contributed by atoms with Crippen LogP contribution in [-0.4, -0.2) is 32.5 Å². The molecule has 3 nitrogen and oxygen atoms in total. The van der Waals surface area contributed by atoms with Crippen LogP contribution in [0.3, 0.4) is 0 Å². The highest BCUT2D eigenvalue weighted by Crippen LogP contribution is 2.38. The summed E-state index contributed by atoms with van der Waals surface area (Å²) >= 11 is 1.21. The van der Waals surface area contributed by atoms with Crippen LogP contribution in [-0.2, 0) is 0 Å². The number of ether oxygens (including phenoxy) is 1. The molecule has 0 amide bonds. The summed E-state index contributed by atoms with van der Waals surface area (Å²) in [5, 5.41) is 0.725. The van der Waals surface area contributed by atoms with E-state index in [2.05, 4.69) is 9.72 Å². The first-order valence-electron chi connectivity index (χ1n) is 5.14. The SMILES string of the molecule is C[N+](C)(C)c1nc2cccc(OC(F)(F)F)c2s1. The monoisotopic (exact) mass is 277 g/mol. The molecule has 7 heteroatoms. The lowest BCUT2D eigenvalue weighted by Crippen LogP contribution is -2.34. The molecule has 0 radical (unpaired) electrons. The molecule has 0 N–H and O–H groups in total. The second kappa shape index (κ2) is 4.10. The molecule has 2 aromatic rings. The van der Waals surface area contributed by atoms with Crippen LogP contribution in [0.25, 0.3) is 10.2 Å². The summed E-state index contributed by atoms with van der Waals surface area (Å²) in [6.07, 6.45) is -4.69. The van der Waals surface area contributed by atoms with Gasteiger partial charge in [-0.3, -0.25) is 4.48 Å². The first kappa shape index (κ1) is 13.1. The molecule has 0 aliphatic rings. The highest BCUT2D eigenvalue weighted by Gasteiger charge is 2.32. The van der Waals surface area contributed by atoms with Gasteiger partial charge in [-0.15, -0.1) is 13.2 Å². The van der Waals surface area contributed by atoms with Crippen molar-refractivity contribution in [1.29, 1.82) is 0 Å². The predicted octanol–water partition coefficient (Wildman–Crippen LogP) is 3.39. The first-order chi connectivity index (χ1) is 8.17. The van der Waals surface area contributed by atoms with Crippen LogP contribution < -0.4 is 9.22 Å². The van der Waals surface area contributed by atoms with Gasteiger partial charge in [-0.2, -0.15) is 4.98 Å². The number of nitrogens with zero attached hydrogens (tertiary/aromatic N) is 2. The topological polar surface area (TPSA) is 22.1 Å². The van der Waals surface area contributed by atoms with E-state index >= 15 is 0 Å². The Labute approximate surface area is 106 Å². The smallest absolute Gasteiger partial charge is 0.404 e. The molecular formula is C11H12F3N2OS+. The van der Waals surface area contributed by atoms with Crippen LogP contribution in [0.2, 0.25) is 0 Å². The summed E-state index contributed by atoms with van der Waals surface area (Å²) in [6.45, 7) is 0. The highest BCUT2D eigenvalue weighted by molar-refractivity contribution is 7.22. The molecule has 0 aliphatic heterocycles. The lowest BCUT2D eigenvalue weighted by Gasteiger charge is -2.18. The zero-order chi connectivity index (χ0) is 13.6. The lowest BCUT2D eigenvalue weighted by molar-refractivity contribution is -0.274. The molecule has 0 spiro atoms.